The molecule has 0 bridgehead atoms. The third kappa shape index (κ3) is 2.94. The molecule has 0 aromatic heterocycles. The lowest BCUT2D eigenvalue weighted by Crippen LogP contribution is -2.46. The number of nitrogens with zero attached hydrogens (tertiary/aromatic N) is 1. The molecule has 29 heavy (non-hydrogen) atoms. The molecular formula is C25H23NO3. The zero-order valence-electron chi connectivity index (χ0n) is 16.2. The second-order valence-electron chi connectivity index (χ2n) is 8.30. The van der Waals surface area contributed by atoms with Crippen LogP contribution in [0.2, 0.25) is 0 Å². The second kappa shape index (κ2) is 7.11. The molecule has 1 aliphatic heterocycles. The lowest BCUT2D eigenvalue weighted by atomic mass is 9.58. The number of aryl methyl sites for hydroxylation is 1. The number of allylic oxidation sites excluding steroid dienone is 2. The summed E-state index contributed by atoms with van der Waals surface area (Å²) in [4.78, 5) is 40.0. The lowest BCUT2D eigenvalue weighted by molar-refractivity contribution is -0.140. The first-order valence-corrected chi connectivity index (χ1v) is 10.3. The van der Waals surface area contributed by atoms with Crippen molar-refractivity contribution in [2.75, 3.05) is 0 Å². The van der Waals surface area contributed by atoms with Gasteiger partial charge in [-0.3, -0.25) is 19.3 Å². The number of carbonyl (C=O) groups is 3. The number of amides is 2. The molecule has 1 saturated heterocycles. The van der Waals surface area contributed by atoms with Crippen molar-refractivity contribution in [1.82, 2.24) is 4.90 Å². The summed E-state index contributed by atoms with van der Waals surface area (Å²) >= 11 is 0. The molecule has 5 rings (SSSR count). The standard InChI is InChI=1S/C25H23NO3/c27-20-14-19-21(18(20)13-7-12-16-8-3-1-4-9-16)23-22(19)24(28)26(25(23)29)15-17-10-5-2-6-11-17/h1-6,8-11,13,19,21-23H,7,12,14-15H2/b18-13-/t19-,21+,22+,23-/m1/s1. The van der Waals surface area contributed by atoms with Crippen LogP contribution in [0.5, 0.6) is 0 Å². The molecule has 2 saturated carbocycles. The smallest absolute Gasteiger partial charge is 0.234 e. The van der Waals surface area contributed by atoms with Gasteiger partial charge >= 0.3 is 0 Å². The molecule has 0 unspecified atom stereocenters. The van der Waals surface area contributed by atoms with E-state index in [-0.39, 0.29) is 41.3 Å². The monoisotopic (exact) mass is 385 g/mol. The average Bonchev–Trinajstić information content (AvgIpc) is 3.10. The number of rotatable bonds is 5. The molecule has 1 heterocycles. The number of ketones is 1. The van der Waals surface area contributed by atoms with Crippen molar-refractivity contribution in [3.63, 3.8) is 0 Å². The summed E-state index contributed by atoms with van der Waals surface area (Å²) in [5.74, 6) is -0.783. The SMILES string of the molecule is O=C1C[C@H]2[C@@H]3C(=O)N(Cc4ccccc4)C(=O)[C@@H]3[C@H]2/C1=C\CCc1ccccc1. The number of hydrogen-bond donors (Lipinski definition) is 0. The topological polar surface area (TPSA) is 54.5 Å². The van der Waals surface area contributed by atoms with Crippen LogP contribution in [0.25, 0.3) is 0 Å². The molecule has 3 fully saturated rings. The van der Waals surface area contributed by atoms with Crippen LogP contribution in [-0.2, 0) is 27.3 Å². The van der Waals surface area contributed by atoms with Gasteiger partial charge in [0.1, 0.15) is 0 Å². The lowest BCUT2D eigenvalue weighted by Gasteiger charge is -2.40. The van der Waals surface area contributed by atoms with E-state index in [0.29, 0.717) is 13.0 Å². The van der Waals surface area contributed by atoms with Crippen LogP contribution in [0, 0.1) is 23.7 Å². The van der Waals surface area contributed by atoms with Gasteiger partial charge in [-0.1, -0.05) is 66.7 Å². The van der Waals surface area contributed by atoms with E-state index in [1.165, 1.54) is 10.5 Å². The highest BCUT2D eigenvalue weighted by molar-refractivity contribution is 6.11. The predicted octanol–water partition coefficient (Wildman–Crippen LogP) is 3.57. The summed E-state index contributed by atoms with van der Waals surface area (Å²) in [6.45, 7) is 0.325. The largest absolute Gasteiger partial charge is 0.295 e. The summed E-state index contributed by atoms with van der Waals surface area (Å²) in [6, 6.07) is 19.8. The van der Waals surface area contributed by atoms with Crippen LogP contribution in [0.15, 0.2) is 72.3 Å². The minimum atomic E-state index is -0.342. The fourth-order valence-electron chi connectivity index (χ4n) is 5.35. The van der Waals surface area contributed by atoms with E-state index in [0.717, 1.165) is 24.0 Å². The Balaban J connectivity index is 1.32. The number of benzene rings is 2. The zero-order chi connectivity index (χ0) is 20.0. The molecule has 2 amide bonds. The van der Waals surface area contributed by atoms with E-state index < -0.39 is 0 Å². The number of imide groups is 1. The van der Waals surface area contributed by atoms with Crippen LogP contribution < -0.4 is 0 Å². The molecule has 2 aliphatic carbocycles. The van der Waals surface area contributed by atoms with Crippen LogP contribution in [0.3, 0.4) is 0 Å². The fourth-order valence-corrected chi connectivity index (χ4v) is 5.35. The van der Waals surface area contributed by atoms with E-state index in [4.69, 9.17) is 0 Å². The van der Waals surface area contributed by atoms with E-state index in [1.54, 1.807) is 0 Å². The summed E-state index contributed by atoms with van der Waals surface area (Å²) in [5, 5.41) is 0. The number of hydrogen-bond acceptors (Lipinski definition) is 3. The molecular weight excluding hydrogens is 362 g/mol. The molecule has 2 aromatic rings. The molecule has 0 spiro atoms. The van der Waals surface area contributed by atoms with Gasteiger partial charge in [0, 0.05) is 12.3 Å². The van der Waals surface area contributed by atoms with Gasteiger partial charge in [0.25, 0.3) is 0 Å². The van der Waals surface area contributed by atoms with Gasteiger partial charge in [-0.2, -0.15) is 0 Å². The van der Waals surface area contributed by atoms with Gasteiger partial charge in [0.05, 0.1) is 18.4 Å². The van der Waals surface area contributed by atoms with Crippen molar-refractivity contribution in [3.05, 3.63) is 83.4 Å². The number of fused-ring (bicyclic) bond motifs is 4. The third-order valence-electron chi connectivity index (χ3n) is 6.72. The van der Waals surface area contributed by atoms with E-state index >= 15 is 0 Å². The number of likely N-dealkylation sites (tertiary alicyclic amines) is 1. The quantitative estimate of drug-likeness (QED) is 0.584. The molecule has 4 atom stereocenters. The summed E-state index contributed by atoms with van der Waals surface area (Å²) in [5.41, 5.74) is 2.98. The number of carbonyl (C=O) groups excluding carboxylic acids is 3. The minimum absolute atomic E-state index is 0.00713. The Morgan fingerprint density at radius 2 is 1.41 bits per heavy atom. The van der Waals surface area contributed by atoms with Gasteiger partial charge < -0.3 is 0 Å². The Bertz CT molecular complexity index is 995. The van der Waals surface area contributed by atoms with Crippen LogP contribution in [0.4, 0.5) is 0 Å². The molecule has 4 heteroatoms. The summed E-state index contributed by atoms with van der Waals surface area (Å²) < 4.78 is 0. The Hall–Kier alpha value is -3.01. The van der Waals surface area contributed by atoms with Crippen LogP contribution in [0.1, 0.15) is 24.0 Å². The maximum absolute atomic E-state index is 13.0. The molecule has 0 radical (unpaired) electrons. The first-order chi connectivity index (χ1) is 14.1. The van der Waals surface area contributed by atoms with Crippen LogP contribution >= 0.6 is 0 Å². The maximum Gasteiger partial charge on any atom is 0.234 e. The van der Waals surface area contributed by atoms with Gasteiger partial charge in [-0.05, 0) is 35.5 Å². The summed E-state index contributed by atoms with van der Waals surface area (Å²) in [6.07, 6.45) is 4.08. The first-order valence-electron chi connectivity index (χ1n) is 10.3. The van der Waals surface area contributed by atoms with Crippen molar-refractivity contribution < 1.29 is 14.4 Å². The van der Waals surface area contributed by atoms with Crippen molar-refractivity contribution in [1.29, 1.82) is 0 Å². The van der Waals surface area contributed by atoms with E-state index in [1.807, 2.05) is 54.6 Å². The molecule has 4 nitrogen and oxygen atoms in total. The highest BCUT2D eigenvalue weighted by atomic mass is 16.2. The van der Waals surface area contributed by atoms with Gasteiger partial charge in [-0.25, -0.2) is 0 Å². The van der Waals surface area contributed by atoms with Crippen molar-refractivity contribution in [3.8, 4) is 0 Å². The predicted molar refractivity (Wildman–Crippen MR) is 108 cm³/mol. The Kier molecular flexibility index (Phi) is 4.42. The Morgan fingerprint density at radius 3 is 2.10 bits per heavy atom. The van der Waals surface area contributed by atoms with Gasteiger partial charge in [0.15, 0.2) is 5.78 Å². The molecule has 3 aliphatic rings. The molecule has 0 N–H and O–H groups in total. The van der Waals surface area contributed by atoms with Crippen molar-refractivity contribution >= 4 is 17.6 Å². The third-order valence-corrected chi connectivity index (χ3v) is 6.72. The van der Waals surface area contributed by atoms with Gasteiger partial charge in [0.2, 0.25) is 11.8 Å². The normalized spacial score (nSPS) is 29.2. The zero-order valence-corrected chi connectivity index (χ0v) is 16.2. The van der Waals surface area contributed by atoms with Crippen molar-refractivity contribution in [2.24, 2.45) is 23.7 Å². The Labute approximate surface area is 170 Å². The highest BCUT2D eigenvalue weighted by Gasteiger charge is 2.68. The van der Waals surface area contributed by atoms with E-state index in [2.05, 4.69) is 12.1 Å². The second-order valence-corrected chi connectivity index (χ2v) is 8.30. The van der Waals surface area contributed by atoms with E-state index in [9.17, 15) is 14.4 Å². The van der Waals surface area contributed by atoms with Crippen molar-refractivity contribution in [2.45, 2.75) is 25.8 Å². The van der Waals surface area contributed by atoms with Crippen LogP contribution in [-0.4, -0.2) is 22.5 Å². The highest BCUT2D eigenvalue weighted by Crippen LogP contribution is 2.60. The fraction of sp³-hybridized carbons (Fsp3) is 0.320. The summed E-state index contributed by atoms with van der Waals surface area (Å²) in [7, 11) is 0. The average molecular weight is 385 g/mol. The molecule has 146 valence electrons. The molecule has 2 aromatic carbocycles. The number of Topliss-reactive ketones (excluding diaryl/α,β-unsaturated/α-hetero) is 1. The minimum Gasteiger partial charge on any atom is -0.295 e. The first kappa shape index (κ1) is 18.0. The Morgan fingerprint density at radius 1 is 0.793 bits per heavy atom. The van der Waals surface area contributed by atoms with Gasteiger partial charge in [-0.15, -0.1) is 0 Å². The maximum atomic E-state index is 13.0.